The van der Waals surface area contributed by atoms with Crippen LogP contribution in [0.2, 0.25) is 10.0 Å². The Labute approximate surface area is 172 Å². The van der Waals surface area contributed by atoms with E-state index in [0.717, 1.165) is 6.26 Å². The van der Waals surface area contributed by atoms with E-state index in [1.54, 1.807) is 18.2 Å². The van der Waals surface area contributed by atoms with Crippen molar-refractivity contribution in [1.82, 2.24) is 0 Å². The second-order valence-corrected chi connectivity index (χ2v) is 7.33. The predicted octanol–water partition coefficient (Wildman–Crippen LogP) is 3.98. The minimum atomic E-state index is -3.52. The van der Waals surface area contributed by atoms with Gasteiger partial charge in [-0.2, -0.15) is 0 Å². The number of halogens is 2. The quantitative estimate of drug-likeness (QED) is 0.612. The van der Waals surface area contributed by atoms with Crippen molar-refractivity contribution < 1.29 is 17.9 Å². The van der Waals surface area contributed by atoms with E-state index >= 15 is 0 Å². The van der Waals surface area contributed by atoms with Gasteiger partial charge in [-0.15, -0.1) is 0 Å². The van der Waals surface area contributed by atoms with Crippen molar-refractivity contribution in [3.05, 3.63) is 52.0 Å². The van der Waals surface area contributed by atoms with Crippen molar-refractivity contribution in [1.29, 1.82) is 0 Å². The van der Waals surface area contributed by atoms with Crippen LogP contribution in [-0.2, 0) is 10.0 Å². The maximum Gasteiger partial charge on any atom is 0.229 e. The first-order valence-corrected chi connectivity index (χ1v) is 9.07. The molecule has 2 aromatic rings. The summed E-state index contributed by atoms with van der Waals surface area (Å²) in [5.74, 6) is 0.210. The molecule has 0 bridgehead atoms. The van der Waals surface area contributed by atoms with Crippen LogP contribution in [0.4, 0.5) is 5.69 Å². The Balaban J connectivity index is 0.00000288. The molecule has 0 amide bonds. The van der Waals surface area contributed by atoms with Gasteiger partial charge in [0.05, 0.1) is 17.0 Å². The van der Waals surface area contributed by atoms with Gasteiger partial charge in [-0.05, 0) is 37.3 Å². The second-order valence-electron chi connectivity index (χ2n) is 4.80. The molecule has 2 rings (SSSR count). The third-order valence-corrected chi connectivity index (χ3v) is 4.21. The van der Waals surface area contributed by atoms with Crippen LogP contribution >= 0.6 is 23.2 Å². The zero-order chi connectivity index (χ0) is 17.2. The summed E-state index contributed by atoms with van der Waals surface area (Å²) in [6.07, 6.45) is 1.02. The van der Waals surface area contributed by atoms with Crippen molar-refractivity contribution in [2.24, 2.45) is 0 Å². The first-order valence-electron chi connectivity index (χ1n) is 6.42. The summed E-state index contributed by atoms with van der Waals surface area (Å²) in [4.78, 5) is 11.5. The summed E-state index contributed by atoms with van der Waals surface area (Å²) in [5.41, 5.74) is 0.561. The molecule has 1 N–H and O–H groups in total. The number of benzene rings is 2. The first-order chi connectivity index (χ1) is 10.7. The van der Waals surface area contributed by atoms with Gasteiger partial charge in [-0.3, -0.25) is 9.52 Å². The van der Waals surface area contributed by atoms with Gasteiger partial charge in [0.15, 0.2) is 11.5 Å². The van der Waals surface area contributed by atoms with Crippen LogP contribution in [0.1, 0.15) is 17.3 Å². The molecule has 0 heterocycles. The van der Waals surface area contributed by atoms with E-state index in [1.807, 2.05) is 0 Å². The van der Waals surface area contributed by atoms with Gasteiger partial charge < -0.3 is 4.74 Å². The fraction of sp³-hybridized carbons (Fsp3) is 0.133. The number of anilines is 1. The number of rotatable bonds is 5. The second kappa shape index (κ2) is 8.56. The maximum atomic E-state index is 11.5. The molecule has 2 aromatic carbocycles. The molecule has 1 radical (unpaired) electrons. The molecule has 0 saturated carbocycles. The van der Waals surface area contributed by atoms with Gasteiger partial charge >= 0.3 is 0 Å². The Bertz CT molecular complexity index is 872. The molecule has 0 spiro atoms. The molecule has 5 nitrogen and oxygen atoms in total. The minimum absolute atomic E-state index is 0. The van der Waals surface area contributed by atoms with Gasteiger partial charge in [-0.25, -0.2) is 8.42 Å². The zero-order valence-corrected chi connectivity index (χ0v) is 17.6. The van der Waals surface area contributed by atoms with Crippen molar-refractivity contribution in [3.63, 3.8) is 0 Å². The molecule has 0 fully saturated rings. The largest absolute Gasteiger partial charge is 0.454 e. The third kappa shape index (κ3) is 5.65. The van der Waals surface area contributed by atoms with E-state index in [4.69, 9.17) is 27.9 Å². The van der Waals surface area contributed by atoms with Crippen molar-refractivity contribution in [2.75, 3.05) is 11.0 Å². The van der Waals surface area contributed by atoms with Gasteiger partial charge in [0.2, 0.25) is 10.0 Å². The molecule has 9 heteroatoms. The van der Waals surface area contributed by atoms with E-state index in [2.05, 4.69) is 4.72 Å². The van der Waals surface area contributed by atoms with E-state index in [0.29, 0.717) is 10.6 Å². The van der Waals surface area contributed by atoms with Crippen LogP contribution in [0.3, 0.4) is 0 Å². The average Bonchev–Trinajstić information content (AvgIpc) is 2.44. The number of hydrogen-bond donors (Lipinski definition) is 1. The number of ether oxygens (including phenoxy) is 1. The fourth-order valence-electron chi connectivity index (χ4n) is 1.79. The molecule has 0 saturated heterocycles. The number of Topliss-reactive ketones (excluding diaryl/α,β-unsaturated/α-hetero) is 1. The van der Waals surface area contributed by atoms with Gasteiger partial charge in [0, 0.05) is 35.1 Å². The molecule has 0 atom stereocenters. The van der Waals surface area contributed by atoms with Gasteiger partial charge in [0.25, 0.3) is 0 Å². The number of ketones is 1. The molecular formula is C15H13Cl2NNaO4S. The Morgan fingerprint density at radius 2 is 1.79 bits per heavy atom. The summed E-state index contributed by atoms with van der Waals surface area (Å²) >= 11 is 12.0. The molecule has 123 valence electrons. The van der Waals surface area contributed by atoms with Crippen LogP contribution in [0, 0.1) is 0 Å². The van der Waals surface area contributed by atoms with Crippen molar-refractivity contribution in [3.8, 4) is 11.5 Å². The summed E-state index contributed by atoms with van der Waals surface area (Å²) in [6.45, 7) is 1.40. The Kier molecular flexibility index (Phi) is 7.59. The summed E-state index contributed by atoms with van der Waals surface area (Å²) < 4.78 is 30.9. The summed E-state index contributed by atoms with van der Waals surface area (Å²) in [5, 5.41) is 0.484. The Hall–Kier alpha value is -0.760. The predicted molar refractivity (Wildman–Crippen MR) is 97.2 cm³/mol. The molecule has 0 aliphatic heterocycles. The number of sulfonamides is 1. The third-order valence-electron chi connectivity index (χ3n) is 2.82. The van der Waals surface area contributed by atoms with E-state index in [1.165, 1.54) is 25.1 Å². The minimum Gasteiger partial charge on any atom is -0.454 e. The topological polar surface area (TPSA) is 72.5 Å². The average molecular weight is 397 g/mol. The number of carbonyl (C=O) groups is 1. The molecule has 0 aromatic heterocycles. The molecular weight excluding hydrogens is 384 g/mol. The molecule has 0 unspecified atom stereocenters. The van der Waals surface area contributed by atoms with Crippen molar-refractivity contribution >= 4 is 74.3 Å². The smallest absolute Gasteiger partial charge is 0.229 e. The van der Waals surface area contributed by atoms with Crippen molar-refractivity contribution in [2.45, 2.75) is 6.92 Å². The SMILES string of the molecule is CC(=O)c1ccc(NS(C)(=O)=O)c(Oc2cccc(Cl)c2Cl)c1.[Na]. The van der Waals surface area contributed by atoms with E-state index in [9.17, 15) is 13.2 Å². The summed E-state index contributed by atoms with van der Waals surface area (Å²) in [7, 11) is -3.52. The number of hydrogen-bond acceptors (Lipinski definition) is 4. The molecule has 0 aliphatic carbocycles. The first kappa shape index (κ1) is 21.3. The van der Waals surface area contributed by atoms with E-state index in [-0.39, 0.29) is 57.5 Å². The normalized spacial score (nSPS) is 10.7. The van der Waals surface area contributed by atoms with Crippen LogP contribution in [0.5, 0.6) is 11.5 Å². The fourth-order valence-corrected chi connectivity index (χ4v) is 2.69. The summed E-state index contributed by atoms with van der Waals surface area (Å²) in [6, 6.07) is 9.21. The van der Waals surface area contributed by atoms with Crippen LogP contribution in [-0.4, -0.2) is 50.0 Å². The Morgan fingerprint density at radius 1 is 1.12 bits per heavy atom. The number of carbonyl (C=O) groups excluding carboxylic acids is 1. The van der Waals surface area contributed by atoms with Gasteiger partial charge in [-0.1, -0.05) is 29.3 Å². The standard InChI is InChI=1S/C15H13Cl2NO4S.Na/c1-9(19)10-6-7-12(18-23(2,20)21)14(8-10)22-13-5-3-4-11(16)15(13)17;/h3-8,18H,1-2H3;. The monoisotopic (exact) mass is 396 g/mol. The van der Waals surface area contributed by atoms with Crippen LogP contribution in [0.15, 0.2) is 36.4 Å². The zero-order valence-electron chi connectivity index (χ0n) is 13.3. The molecule has 0 aliphatic rings. The van der Waals surface area contributed by atoms with Crippen LogP contribution < -0.4 is 9.46 Å². The molecule has 24 heavy (non-hydrogen) atoms. The maximum absolute atomic E-state index is 11.5. The number of nitrogens with one attached hydrogen (secondary N) is 1. The van der Waals surface area contributed by atoms with Gasteiger partial charge in [0.1, 0.15) is 10.8 Å². The van der Waals surface area contributed by atoms with Crippen LogP contribution in [0.25, 0.3) is 0 Å². The van der Waals surface area contributed by atoms with E-state index < -0.39 is 10.0 Å². The Morgan fingerprint density at radius 3 is 2.38 bits per heavy atom.